The second kappa shape index (κ2) is 7.68. The summed E-state index contributed by atoms with van der Waals surface area (Å²) < 4.78 is 4.91. The van der Waals surface area contributed by atoms with Crippen LogP contribution in [-0.2, 0) is 4.79 Å². The first-order chi connectivity index (χ1) is 11.9. The van der Waals surface area contributed by atoms with Gasteiger partial charge in [-0.25, -0.2) is 0 Å². The highest BCUT2D eigenvalue weighted by Gasteiger charge is 2.16. The second-order valence-electron chi connectivity index (χ2n) is 4.81. The SMILES string of the molecule is COc1ccc(NC(=O)C=Cc2cccc([N+](=O)[O-])c2)c([N+](=O)[O-])c1. The first kappa shape index (κ1) is 17.6. The van der Waals surface area contributed by atoms with E-state index >= 15 is 0 Å². The molecule has 1 amide bonds. The number of nitrogens with one attached hydrogen (secondary N) is 1. The molecule has 0 unspecified atom stereocenters. The van der Waals surface area contributed by atoms with Gasteiger partial charge >= 0.3 is 0 Å². The van der Waals surface area contributed by atoms with Crippen molar-refractivity contribution in [2.75, 3.05) is 12.4 Å². The molecule has 9 nitrogen and oxygen atoms in total. The molecule has 0 bridgehead atoms. The van der Waals surface area contributed by atoms with Crippen molar-refractivity contribution in [3.63, 3.8) is 0 Å². The van der Waals surface area contributed by atoms with E-state index in [1.807, 2.05) is 0 Å². The Labute approximate surface area is 141 Å². The van der Waals surface area contributed by atoms with Gasteiger partial charge in [-0.2, -0.15) is 0 Å². The number of hydrogen-bond donors (Lipinski definition) is 1. The third-order valence-corrected chi connectivity index (χ3v) is 3.17. The Bertz CT molecular complexity index is 863. The van der Waals surface area contributed by atoms with Gasteiger partial charge in [0.25, 0.3) is 11.4 Å². The number of hydrogen-bond acceptors (Lipinski definition) is 6. The highest BCUT2D eigenvalue weighted by atomic mass is 16.6. The van der Waals surface area contributed by atoms with Crippen molar-refractivity contribution in [3.8, 4) is 5.75 Å². The maximum atomic E-state index is 11.9. The van der Waals surface area contributed by atoms with Crippen LogP contribution in [0, 0.1) is 20.2 Å². The second-order valence-corrected chi connectivity index (χ2v) is 4.81. The van der Waals surface area contributed by atoms with Crippen LogP contribution in [-0.4, -0.2) is 22.9 Å². The van der Waals surface area contributed by atoms with Gasteiger partial charge in [0.1, 0.15) is 11.4 Å². The Kier molecular flexibility index (Phi) is 5.41. The molecule has 0 spiro atoms. The van der Waals surface area contributed by atoms with Crippen LogP contribution in [0.4, 0.5) is 17.1 Å². The predicted octanol–water partition coefficient (Wildman–Crippen LogP) is 3.16. The molecule has 0 atom stereocenters. The van der Waals surface area contributed by atoms with Crippen LogP contribution in [0.5, 0.6) is 5.75 Å². The van der Waals surface area contributed by atoms with Gasteiger partial charge in [0.2, 0.25) is 5.91 Å². The molecule has 9 heteroatoms. The molecule has 128 valence electrons. The summed E-state index contributed by atoms with van der Waals surface area (Å²) in [4.78, 5) is 32.6. The molecule has 2 rings (SSSR count). The smallest absolute Gasteiger partial charge is 0.296 e. The lowest BCUT2D eigenvalue weighted by Crippen LogP contribution is -2.09. The fourth-order valence-corrected chi connectivity index (χ4v) is 1.98. The zero-order valence-electron chi connectivity index (χ0n) is 13.0. The van der Waals surface area contributed by atoms with Crippen molar-refractivity contribution in [1.82, 2.24) is 0 Å². The molecule has 0 radical (unpaired) electrons. The molecule has 0 heterocycles. The molecule has 0 saturated carbocycles. The van der Waals surface area contributed by atoms with Crippen LogP contribution in [0.25, 0.3) is 6.08 Å². The lowest BCUT2D eigenvalue weighted by molar-refractivity contribution is -0.384. The van der Waals surface area contributed by atoms with Crippen molar-refractivity contribution < 1.29 is 19.4 Å². The lowest BCUT2D eigenvalue weighted by atomic mass is 10.2. The first-order valence-corrected chi connectivity index (χ1v) is 6.96. The Morgan fingerprint density at radius 1 is 1.12 bits per heavy atom. The summed E-state index contributed by atoms with van der Waals surface area (Å²) in [7, 11) is 1.37. The molecule has 0 aliphatic heterocycles. The number of carbonyl (C=O) groups excluding carboxylic acids is 1. The zero-order valence-corrected chi connectivity index (χ0v) is 13.0. The average Bonchev–Trinajstić information content (AvgIpc) is 2.60. The van der Waals surface area contributed by atoms with E-state index in [0.29, 0.717) is 5.56 Å². The molecular weight excluding hydrogens is 330 g/mol. The molecule has 0 aliphatic rings. The summed E-state index contributed by atoms with van der Waals surface area (Å²) in [6.45, 7) is 0. The van der Waals surface area contributed by atoms with Crippen LogP contribution < -0.4 is 10.1 Å². The van der Waals surface area contributed by atoms with E-state index < -0.39 is 15.8 Å². The first-order valence-electron chi connectivity index (χ1n) is 6.96. The van der Waals surface area contributed by atoms with Gasteiger partial charge in [-0.15, -0.1) is 0 Å². The van der Waals surface area contributed by atoms with Crippen LogP contribution in [0.15, 0.2) is 48.5 Å². The highest BCUT2D eigenvalue weighted by molar-refractivity contribution is 6.03. The number of rotatable bonds is 6. The predicted molar refractivity (Wildman–Crippen MR) is 90.4 cm³/mol. The molecule has 0 saturated heterocycles. The summed E-state index contributed by atoms with van der Waals surface area (Å²) in [5.74, 6) is -0.323. The van der Waals surface area contributed by atoms with E-state index in [-0.39, 0.29) is 22.8 Å². The molecule has 0 aromatic heterocycles. The Hall–Kier alpha value is -3.75. The van der Waals surface area contributed by atoms with Crippen LogP contribution in [0.3, 0.4) is 0 Å². The third kappa shape index (κ3) is 4.61. The summed E-state index contributed by atoms with van der Waals surface area (Å²) in [5.41, 5.74) is 0.0536. The van der Waals surface area contributed by atoms with Crippen molar-refractivity contribution in [3.05, 3.63) is 74.3 Å². The monoisotopic (exact) mass is 343 g/mol. The Balaban J connectivity index is 2.16. The van der Waals surface area contributed by atoms with Gasteiger partial charge in [0, 0.05) is 18.2 Å². The topological polar surface area (TPSA) is 125 Å². The number of nitro groups is 2. The van der Waals surface area contributed by atoms with E-state index in [2.05, 4.69) is 5.32 Å². The van der Waals surface area contributed by atoms with E-state index in [1.165, 1.54) is 49.6 Å². The minimum absolute atomic E-state index is 0.0134. The number of non-ortho nitro benzene ring substituents is 1. The van der Waals surface area contributed by atoms with Gasteiger partial charge in [0.15, 0.2) is 0 Å². The number of anilines is 1. The minimum Gasteiger partial charge on any atom is -0.496 e. The number of carbonyl (C=O) groups is 1. The molecule has 25 heavy (non-hydrogen) atoms. The normalized spacial score (nSPS) is 10.4. The van der Waals surface area contributed by atoms with Gasteiger partial charge in [0.05, 0.1) is 23.0 Å². The fourth-order valence-electron chi connectivity index (χ4n) is 1.98. The molecular formula is C16H13N3O6. The summed E-state index contributed by atoms with van der Waals surface area (Å²) in [6.07, 6.45) is 2.50. The zero-order chi connectivity index (χ0) is 18.4. The standard InChI is InChI=1S/C16H13N3O6/c1-25-13-6-7-14(15(10-13)19(23)24)17-16(20)8-5-11-3-2-4-12(9-11)18(21)22/h2-10H,1H3,(H,17,20). The van der Waals surface area contributed by atoms with Gasteiger partial charge in [-0.3, -0.25) is 25.0 Å². The Morgan fingerprint density at radius 2 is 1.88 bits per heavy atom. The highest BCUT2D eigenvalue weighted by Crippen LogP contribution is 2.28. The Morgan fingerprint density at radius 3 is 2.52 bits per heavy atom. The van der Waals surface area contributed by atoms with Crippen molar-refractivity contribution >= 4 is 29.0 Å². The van der Waals surface area contributed by atoms with Gasteiger partial charge in [-0.05, 0) is 23.8 Å². The van der Waals surface area contributed by atoms with E-state index in [0.717, 1.165) is 6.08 Å². The molecule has 0 fully saturated rings. The summed E-state index contributed by atoms with van der Waals surface area (Å²) in [6, 6.07) is 9.75. The largest absolute Gasteiger partial charge is 0.496 e. The lowest BCUT2D eigenvalue weighted by Gasteiger charge is -2.05. The average molecular weight is 343 g/mol. The number of nitrogens with zero attached hydrogens (tertiary/aromatic N) is 2. The minimum atomic E-state index is -0.637. The van der Waals surface area contributed by atoms with Crippen molar-refractivity contribution in [2.24, 2.45) is 0 Å². The number of nitro benzene ring substituents is 2. The van der Waals surface area contributed by atoms with Crippen LogP contribution >= 0.6 is 0 Å². The maximum absolute atomic E-state index is 11.9. The fraction of sp³-hybridized carbons (Fsp3) is 0.0625. The number of amides is 1. The van der Waals surface area contributed by atoms with Gasteiger partial charge in [-0.1, -0.05) is 12.1 Å². The number of methoxy groups -OCH3 is 1. The maximum Gasteiger partial charge on any atom is 0.296 e. The van der Waals surface area contributed by atoms with Crippen molar-refractivity contribution in [2.45, 2.75) is 0 Å². The quantitative estimate of drug-likeness (QED) is 0.488. The van der Waals surface area contributed by atoms with Crippen LogP contribution in [0.1, 0.15) is 5.56 Å². The molecule has 2 aromatic rings. The van der Waals surface area contributed by atoms with Crippen LogP contribution in [0.2, 0.25) is 0 Å². The summed E-state index contributed by atoms with van der Waals surface area (Å²) >= 11 is 0. The number of benzene rings is 2. The number of ether oxygens (including phenoxy) is 1. The van der Waals surface area contributed by atoms with Crippen molar-refractivity contribution in [1.29, 1.82) is 0 Å². The molecule has 1 N–H and O–H groups in total. The molecule has 0 aliphatic carbocycles. The summed E-state index contributed by atoms with van der Waals surface area (Å²) in [5, 5.41) is 24.2. The van der Waals surface area contributed by atoms with E-state index in [1.54, 1.807) is 6.07 Å². The van der Waals surface area contributed by atoms with Gasteiger partial charge < -0.3 is 10.1 Å². The third-order valence-electron chi connectivity index (χ3n) is 3.17. The molecule has 2 aromatic carbocycles. The van der Waals surface area contributed by atoms with E-state index in [9.17, 15) is 25.0 Å². The van der Waals surface area contributed by atoms with E-state index in [4.69, 9.17) is 4.74 Å².